The Hall–Kier alpha value is -1.50. The Balaban J connectivity index is 3.00. The molecule has 0 spiro atoms. The maximum absolute atomic E-state index is 11.0. The Bertz CT molecular complexity index is 301. The van der Waals surface area contributed by atoms with Gasteiger partial charge in [0.25, 0.3) is 5.91 Å². The van der Waals surface area contributed by atoms with Gasteiger partial charge in [-0.2, -0.15) is 5.26 Å². The summed E-state index contributed by atoms with van der Waals surface area (Å²) in [5, 5.41) is 8.82. The monoisotopic (exact) mass is 193 g/mol. The quantitative estimate of drug-likeness (QED) is 0.493. The number of amides is 1. The Labute approximate surface area is 84.0 Å². The van der Waals surface area contributed by atoms with E-state index in [0.29, 0.717) is 0 Å². The van der Waals surface area contributed by atoms with Crippen LogP contribution in [0.2, 0.25) is 0 Å². The van der Waals surface area contributed by atoms with E-state index >= 15 is 0 Å². The molecule has 0 saturated carbocycles. The summed E-state index contributed by atoms with van der Waals surface area (Å²) in [5.41, 5.74) is 6.07. The number of nitrogens with two attached hydrogens (primary N) is 1. The minimum absolute atomic E-state index is 0.120. The van der Waals surface area contributed by atoms with Gasteiger partial charge in [0, 0.05) is 19.3 Å². The number of hydrogen-bond donors (Lipinski definition) is 1. The molecule has 76 valence electrons. The lowest BCUT2D eigenvalue weighted by atomic mass is 10.1. The maximum atomic E-state index is 11.0. The first-order valence-electron chi connectivity index (χ1n) is 4.81. The minimum Gasteiger partial charge on any atom is -0.377 e. The molecule has 1 saturated heterocycles. The standard InChI is InChI=1S/C10H15N3O/c1-13-6-4-2-3-5-9(13)8(7-11)10(12)14/h2-6H2,1H3,(H2,12,14)/b9-8+. The van der Waals surface area contributed by atoms with Gasteiger partial charge in [0.1, 0.15) is 11.6 Å². The molecule has 0 radical (unpaired) electrons. The van der Waals surface area contributed by atoms with Crippen molar-refractivity contribution in [2.24, 2.45) is 5.73 Å². The number of allylic oxidation sites excluding steroid dienone is 1. The molecule has 0 aromatic heterocycles. The van der Waals surface area contributed by atoms with Gasteiger partial charge in [-0.1, -0.05) is 6.42 Å². The van der Waals surface area contributed by atoms with Crippen LogP contribution in [0.4, 0.5) is 0 Å². The van der Waals surface area contributed by atoms with Gasteiger partial charge in [-0.25, -0.2) is 0 Å². The summed E-state index contributed by atoms with van der Waals surface area (Å²) < 4.78 is 0. The molecular weight excluding hydrogens is 178 g/mol. The smallest absolute Gasteiger partial charge is 0.261 e. The predicted octanol–water partition coefficient (Wildman–Crippen LogP) is 0.755. The van der Waals surface area contributed by atoms with Crippen LogP contribution in [0.5, 0.6) is 0 Å². The van der Waals surface area contributed by atoms with Crippen LogP contribution >= 0.6 is 0 Å². The van der Waals surface area contributed by atoms with Crippen LogP contribution in [0.25, 0.3) is 0 Å². The number of likely N-dealkylation sites (tertiary alicyclic amines) is 1. The Morgan fingerprint density at radius 1 is 1.50 bits per heavy atom. The second-order valence-electron chi connectivity index (χ2n) is 3.53. The van der Waals surface area contributed by atoms with Crippen LogP contribution in [-0.2, 0) is 4.79 Å². The molecule has 0 aliphatic carbocycles. The molecule has 1 fully saturated rings. The summed E-state index contributed by atoms with van der Waals surface area (Å²) in [7, 11) is 1.90. The van der Waals surface area contributed by atoms with E-state index in [1.165, 1.54) is 0 Å². The fourth-order valence-corrected chi connectivity index (χ4v) is 1.72. The molecule has 14 heavy (non-hydrogen) atoms. The summed E-state index contributed by atoms with van der Waals surface area (Å²) in [6, 6.07) is 1.89. The van der Waals surface area contributed by atoms with Gasteiger partial charge in [0.2, 0.25) is 0 Å². The molecule has 0 aromatic carbocycles. The highest BCUT2D eigenvalue weighted by atomic mass is 16.1. The van der Waals surface area contributed by atoms with Gasteiger partial charge in [0.15, 0.2) is 0 Å². The van der Waals surface area contributed by atoms with Crippen LogP contribution in [0.1, 0.15) is 25.7 Å². The van der Waals surface area contributed by atoms with Crippen molar-refractivity contribution >= 4 is 5.91 Å². The molecule has 0 bridgehead atoms. The molecule has 1 rings (SSSR count). The van der Waals surface area contributed by atoms with E-state index in [4.69, 9.17) is 11.0 Å². The SMILES string of the molecule is CN1CCCCC/C1=C(/C#N)C(N)=O. The van der Waals surface area contributed by atoms with Gasteiger partial charge >= 0.3 is 0 Å². The van der Waals surface area contributed by atoms with Crippen molar-refractivity contribution in [2.75, 3.05) is 13.6 Å². The highest BCUT2D eigenvalue weighted by Crippen LogP contribution is 2.21. The number of nitrogens with zero attached hydrogens (tertiary/aromatic N) is 2. The van der Waals surface area contributed by atoms with Crippen LogP contribution < -0.4 is 5.73 Å². The molecule has 4 heteroatoms. The number of carbonyl (C=O) groups excluding carboxylic acids is 1. The maximum Gasteiger partial charge on any atom is 0.261 e. The van der Waals surface area contributed by atoms with Crippen molar-refractivity contribution < 1.29 is 4.79 Å². The second-order valence-corrected chi connectivity index (χ2v) is 3.53. The molecule has 0 atom stereocenters. The number of primary amides is 1. The third kappa shape index (κ3) is 2.25. The van der Waals surface area contributed by atoms with E-state index in [2.05, 4.69) is 0 Å². The highest BCUT2D eigenvalue weighted by Gasteiger charge is 2.17. The van der Waals surface area contributed by atoms with Crippen molar-refractivity contribution in [2.45, 2.75) is 25.7 Å². The molecule has 0 unspecified atom stereocenters. The zero-order valence-electron chi connectivity index (χ0n) is 8.42. The molecule has 1 heterocycles. The normalized spacial score (nSPS) is 21.0. The molecule has 1 aliphatic heterocycles. The molecule has 1 amide bonds. The van der Waals surface area contributed by atoms with Gasteiger partial charge in [-0.3, -0.25) is 4.79 Å². The summed E-state index contributed by atoms with van der Waals surface area (Å²) in [6.45, 7) is 0.897. The van der Waals surface area contributed by atoms with Crippen LogP contribution in [-0.4, -0.2) is 24.4 Å². The summed E-state index contributed by atoms with van der Waals surface area (Å²) in [6.07, 6.45) is 4.06. The van der Waals surface area contributed by atoms with E-state index in [1.807, 2.05) is 18.0 Å². The summed E-state index contributed by atoms with van der Waals surface area (Å²) >= 11 is 0. The second kappa shape index (κ2) is 4.66. The first kappa shape index (κ1) is 10.6. The predicted molar refractivity (Wildman–Crippen MR) is 52.9 cm³/mol. The van der Waals surface area contributed by atoms with Crippen LogP contribution in [0, 0.1) is 11.3 Å². The van der Waals surface area contributed by atoms with Gasteiger partial charge in [0.05, 0.1) is 0 Å². The average molecular weight is 193 g/mol. The van der Waals surface area contributed by atoms with E-state index in [1.54, 1.807) is 0 Å². The number of carbonyl (C=O) groups is 1. The minimum atomic E-state index is -0.615. The lowest BCUT2D eigenvalue weighted by Crippen LogP contribution is -2.23. The summed E-state index contributed by atoms with van der Waals surface area (Å²) in [4.78, 5) is 13.0. The van der Waals surface area contributed by atoms with Gasteiger partial charge < -0.3 is 10.6 Å². The van der Waals surface area contributed by atoms with Crippen LogP contribution in [0.3, 0.4) is 0 Å². The fraction of sp³-hybridized carbons (Fsp3) is 0.600. The average Bonchev–Trinajstić information content (AvgIpc) is 2.33. The Morgan fingerprint density at radius 3 is 2.79 bits per heavy atom. The summed E-state index contributed by atoms with van der Waals surface area (Å²) in [5.74, 6) is -0.615. The van der Waals surface area contributed by atoms with Crippen molar-refractivity contribution in [1.82, 2.24) is 4.90 Å². The Kier molecular flexibility index (Phi) is 3.52. The topological polar surface area (TPSA) is 70.1 Å². The van der Waals surface area contributed by atoms with Crippen LogP contribution in [0.15, 0.2) is 11.3 Å². The van der Waals surface area contributed by atoms with E-state index in [0.717, 1.165) is 37.9 Å². The molecule has 2 N–H and O–H groups in total. The molecule has 4 nitrogen and oxygen atoms in total. The molecular formula is C10H15N3O. The largest absolute Gasteiger partial charge is 0.377 e. The van der Waals surface area contributed by atoms with E-state index < -0.39 is 5.91 Å². The van der Waals surface area contributed by atoms with Gasteiger partial charge in [-0.15, -0.1) is 0 Å². The van der Waals surface area contributed by atoms with Crippen molar-refractivity contribution in [3.05, 3.63) is 11.3 Å². The van der Waals surface area contributed by atoms with E-state index in [9.17, 15) is 4.79 Å². The first-order valence-corrected chi connectivity index (χ1v) is 4.81. The lowest BCUT2D eigenvalue weighted by Gasteiger charge is -2.20. The number of rotatable bonds is 1. The lowest BCUT2D eigenvalue weighted by molar-refractivity contribution is -0.114. The first-order chi connectivity index (χ1) is 6.66. The van der Waals surface area contributed by atoms with Crippen molar-refractivity contribution in [3.63, 3.8) is 0 Å². The zero-order chi connectivity index (χ0) is 10.6. The Morgan fingerprint density at radius 2 is 2.21 bits per heavy atom. The number of nitriles is 1. The van der Waals surface area contributed by atoms with E-state index in [-0.39, 0.29) is 5.57 Å². The molecule has 1 aliphatic rings. The van der Waals surface area contributed by atoms with Crippen molar-refractivity contribution in [1.29, 1.82) is 5.26 Å². The molecule has 0 aromatic rings. The van der Waals surface area contributed by atoms with Gasteiger partial charge in [-0.05, 0) is 19.3 Å². The fourth-order valence-electron chi connectivity index (χ4n) is 1.72. The third-order valence-electron chi connectivity index (χ3n) is 2.51. The zero-order valence-corrected chi connectivity index (χ0v) is 8.42. The third-order valence-corrected chi connectivity index (χ3v) is 2.51. The number of hydrogen-bond acceptors (Lipinski definition) is 3. The highest BCUT2D eigenvalue weighted by molar-refractivity contribution is 5.96. The van der Waals surface area contributed by atoms with Crippen molar-refractivity contribution in [3.8, 4) is 6.07 Å².